The number of nitrogens with one attached hydrogen (secondary N) is 1. The van der Waals surface area contributed by atoms with Crippen molar-refractivity contribution in [2.75, 3.05) is 25.0 Å². The van der Waals surface area contributed by atoms with E-state index in [-0.39, 0.29) is 0 Å². The first-order valence-corrected chi connectivity index (χ1v) is 7.64. The van der Waals surface area contributed by atoms with Crippen molar-refractivity contribution in [3.05, 3.63) is 35.6 Å². The zero-order valence-corrected chi connectivity index (χ0v) is 12.8. The average molecular weight is 302 g/mol. The molecule has 7 nitrogen and oxygen atoms in total. The van der Waals surface area contributed by atoms with Crippen molar-refractivity contribution in [1.29, 1.82) is 0 Å². The van der Waals surface area contributed by atoms with E-state index in [1.54, 1.807) is 0 Å². The van der Waals surface area contributed by atoms with E-state index in [4.69, 9.17) is 10.3 Å². The van der Waals surface area contributed by atoms with Crippen molar-refractivity contribution in [2.45, 2.75) is 26.4 Å². The second-order valence-corrected chi connectivity index (χ2v) is 5.74. The molecular weight excluding hydrogens is 280 g/mol. The lowest BCUT2D eigenvalue weighted by Gasteiger charge is -2.14. The summed E-state index contributed by atoms with van der Waals surface area (Å²) in [6.07, 6.45) is 1.17. The van der Waals surface area contributed by atoms with Crippen molar-refractivity contribution in [1.82, 2.24) is 20.0 Å². The van der Waals surface area contributed by atoms with Crippen molar-refractivity contribution in [2.24, 2.45) is 11.7 Å². The number of hydrogen-bond acceptors (Lipinski definition) is 7. The van der Waals surface area contributed by atoms with E-state index in [0.29, 0.717) is 18.4 Å². The highest BCUT2D eigenvalue weighted by molar-refractivity contribution is 5.35. The number of hydrogen-bond donors (Lipinski definition) is 2. The van der Waals surface area contributed by atoms with Crippen molar-refractivity contribution in [3.8, 4) is 0 Å². The minimum atomic E-state index is 0.295. The fraction of sp³-hybridized carbons (Fsp3) is 0.533. The van der Waals surface area contributed by atoms with Gasteiger partial charge in [0.05, 0.1) is 13.1 Å². The number of pyridine rings is 1. The van der Waals surface area contributed by atoms with E-state index >= 15 is 0 Å². The molecule has 1 atom stereocenters. The molecule has 0 aromatic carbocycles. The number of aryl methyl sites for hydroxylation is 1. The normalized spacial score (nSPS) is 18.7. The van der Waals surface area contributed by atoms with Crippen LogP contribution in [0.3, 0.4) is 0 Å². The molecule has 1 aliphatic heterocycles. The molecule has 3 rings (SSSR count). The third kappa shape index (κ3) is 3.80. The molecule has 3 heterocycles. The Bertz CT molecular complexity index is 614. The van der Waals surface area contributed by atoms with Crippen molar-refractivity contribution < 1.29 is 4.52 Å². The molecular formula is C15H22N6O. The van der Waals surface area contributed by atoms with E-state index in [1.807, 2.05) is 25.1 Å². The molecule has 3 N–H and O–H groups in total. The molecule has 2 aromatic rings. The average Bonchev–Trinajstić information content (AvgIpc) is 3.15. The summed E-state index contributed by atoms with van der Waals surface area (Å²) >= 11 is 0. The van der Waals surface area contributed by atoms with Crippen LogP contribution in [0, 0.1) is 12.8 Å². The summed E-state index contributed by atoms with van der Waals surface area (Å²) in [5, 5.41) is 7.37. The standard InChI is InChI=1S/C15H22N6O/c1-11-3-2-4-13(18-11)17-8-12-5-6-21(9-12)10-14-19-15(7-16)22-20-14/h2-4,12H,5-10,16H2,1H3,(H,17,18). The fourth-order valence-electron chi connectivity index (χ4n) is 2.75. The monoisotopic (exact) mass is 302 g/mol. The molecule has 0 spiro atoms. The SMILES string of the molecule is Cc1cccc(NCC2CCN(Cc3noc(CN)n3)C2)n1. The van der Waals surface area contributed by atoms with Gasteiger partial charge in [-0.3, -0.25) is 4.90 Å². The first-order valence-electron chi connectivity index (χ1n) is 7.64. The summed E-state index contributed by atoms with van der Waals surface area (Å²) in [5.74, 6) is 2.78. The Kier molecular flexibility index (Phi) is 4.65. The Morgan fingerprint density at radius 1 is 1.41 bits per heavy atom. The molecule has 22 heavy (non-hydrogen) atoms. The molecule has 1 fully saturated rings. The molecule has 118 valence electrons. The number of rotatable bonds is 6. The Labute approximate surface area is 129 Å². The van der Waals surface area contributed by atoms with Gasteiger partial charge in [-0.15, -0.1) is 0 Å². The van der Waals surface area contributed by atoms with Crippen LogP contribution >= 0.6 is 0 Å². The number of likely N-dealkylation sites (tertiary alicyclic amines) is 1. The number of nitrogens with zero attached hydrogens (tertiary/aromatic N) is 4. The minimum absolute atomic E-state index is 0.295. The Morgan fingerprint density at radius 2 is 2.32 bits per heavy atom. The molecule has 2 aromatic heterocycles. The van der Waals surface area contributed by atoms with Crippen LogP contribution in [0.4, 0.5) is 5.82 Å². The topological polar surface area (TPSA) is 93.1 Å². The van der Waals surface area contributed by atoms with E-state index in [1.165, 1.54) is 6.42 Å². The van der Waals surface area contributed by atoms with Gasteiger partial charge in [-0.1, -0.05) is 11.2 Å². The second kappa shape index (κ2) is 6.85. The Morgan fingerprint density at radius 3 is 3.09 bits per heavy atom. The smallest absolute Gasteiger partial charge is 0.240 e. The molecule has 0 amide bonds. The maximum Gasteiger partial charge on any atom is 0.240 e. The molecule has 0 radical (unpaired) electrons. The lowest BCUT2D eigenvalue weighted by Crippen LogP contribution is -2.23. The van der Waals surface area contributed by atoms with Crippen LogP contribution in [0.5, 0.6) is 0 Å². The summed E-state index contributed by atoms with van der Waals surface area (Å²) in [5.41, 5.74) is 6.51. The fourth-order valence-corrected chi connectivity index (χ4v) is 2.75. The van der Waals surface area contributed by atoms with Crippen LogP contribution in [-0.2, 0) is 13.1 Å². The van der Waals surface area contributed by atoms with Gasteiger partial charge in [0.2, 0.25) is 5.89 Å². The van der Waals surface area contributed by atoms with Gasteiger partial charge in [-0.05, 0) is 37.9 Å². The number of anilines is 1. The van der Waals surface area contributed by atoms with Crippen LogP contribution < -0.4 is 11.1 Å². The maximum atomic E-state index is 5.47. The van der Waals surface area contributed by atoms with Gasteiger partial charge < -0.3 is 15.6 Å². The molecule has 0 bridgehead atoms. The van der Waals surface area contributed by atoms with Gasteiger partial charge in [0, 0.05) is 18.8 Å². The van der Waals surface area contributed by atoms with Crippen molar-refractivity contribution in [3.63, 3.8) is 0 Å². The largest absolute Gasteiger partial charge is 0.370 e. The van der Waals surface area contributed by atoms with Crippen LogP contribution in [0.2, 0.25) is 0 Å². The van der Waals surface area contributed by atoms with Crippen LogP contribution in [0.25, 0.3) is 0 Å². The van der Waals surface area contributed by atoms with Crippen molar-refractivity contribution >= 4 is 5.82 Å². The minimum Gasteiger partial charge on any atom is -0.370 e. The second-order valence-electron chi connectivity index (χ2n) is 5.74. The van der Waals surface area contributed by atoms with E-state index in [2.05, 4.69) is 25.3 Å². The van der Waals surface area contributed by atoms with Crippen LogP contribution in [0.15, 0.2) is 22.7 Å². The Balaban J connectivity index is 1.46. The first-order chi connectivity index (χ1) is 10.7. The molecule has 1 aliphatic rings. The number of nitrogens with two attached hydrogens (primary N) is 1. The van der Waals surface area contributed by atoms with Crippen LogP contribution in [0.1, 0.15) is 23.8 Å². The van der Waals surface area contributed by atoms with Gasteiger partial charge in [0.15, 0.2) is 5.82 Å². The predicted molar refractivity (Wildman–Crippen MR) is 83.0 cm³/mol. The summed E-state index contributed by atoms with van der Waals surface area (Å²) in [7, 11) is 0. The molecule has 1 saturated heterocycles. The highest BCUT2D eigenvalue weighted by atomic mass is 16.5. The van der Waals surface area contributed by atoms with Gasteiger partial charge in [-0.25, -0.2) is 4.98 Å². The lowest BCUT2D eigenvalue weighted by atomic mass is 10.1. The zero-order chi connectivity index (χ0) is 15.4. The molecule has 1 unspecified atom stereocenters. The van der Waals surface area contributed by atoms with Gasteiger partial charge in [0.1, 0.15) is 5.82 Å². The van der Waals surface area contributed by atoms with E-state index in [9.17, 15) is 0 Å². The van der Waals surface area contributed by atoms with E-state index in [0.717, 1.165) is 43.5 Å². The molecule has 7 heteroatoms. The molecule has 0 saturated carbocycles. The summed E-state index contributed by atoms with van der Waals surface area (Å²) < 4.78 is 5.03. The maximum absolute atomic E-state index is 5.47. The summed E-state index contributed by atoms with van der Waals surface area (Å²) in [6.45, 7) is 6.05. The number of aromatic nitrogens is 3. The zero-order valence-electron chi connectivity index (χ0n) is 12.8. The third-order valence-corrected chi connectivity index (χ3v) is 3.88. The highest BCUT2D eigenvalue weighted by Gasteiger charge is 2.23. The van der Waals surface area contributed by atoms with Crippen LogP contribution in [-0.4, -0.2) is 39.7 Å². The summed E-state index contributed by atoms with van der Waals surface area (Å²) in [4.78, 5) is 11.1. The molecule has 0 aliphatic carbocycles. The van der Waals surface area contributed by atoms with Gasteiger partial charge in [-0.2, -0.15) is 4.98 Å². The quantitative estimate of drug-likeness (QED) is 0.827. The highest BCUT2D eigenvalue weighted by Crippen LogP contribution is 2.18. The van der Waals surface area contributed by atoms with Gasteiger partial charge >= 0.3 is 0 Å². The van der Waals surface area contributed by atoms with E-state index < -0.39 is 0 Å². The third-order valence-electron chi connectivity index (χ3n) is 3.88. The Hall–Kier alpha value is -1.99. The summed E-state index contributed by atoms with van der Waals surface area (Å²) in [6, 6.07) is 6.03. The predicted octanol–water partition coefficient (Wildman–Crippen LogP) is 1.17. The first kappa shape index (κ1) is 14.9. The lowest BCUT2D eigenvalue weighted by molar-refractivity contribution is 0.300. The van der Waals surface area contributed by atoms with Gasteiger partial charge in [0.25, 0.3) is 0 Å².